The number of methoxy groups -OCH3 is 1. The maximum Gasteiger partial charge on any atom is 0.306 e. The SMILES string of the molecule is COc1ccc2[nH]cc(CC(=O)NC3CC(C(=O)O)C3)c2c1. The van der Waals surface area contributed by atoms with E-state index in [1.165, 1.54) is 0 Å². The van der Waals surface area contributed by atoms with E-state index in [2.05, 4.69) is 10.3 Å². The molecule has 6 nitrogen and oxygen atoms in total. The Balaban J connectivity index is 1.63. The fraction of sp³-hybridized carbons (Fsp3) is 0.375. The number of ether oxygens (including phenoxy) is 1. The minimum Gasteiger partial charge on any atom is -0.497 e. The number of aliphatic carboxylic acids is 1. The van der Waals surface area contributed by atoms with Gasteiger partial charge < -0.3 is 20.1 Å². The monoisotopic (exact) mass is 302 g/mol. The highest BCUT2D eigenvalue weighted by Crippen LogP contribution is 2.28. The van der Waals surface area contributed by atoms with E-state index in [-0.39, 0.29) is 24.3 Å². The van der Waals surface area contributed by atoms with Crippen LogP contribution in [0.5, 0.6) is 5.75 Å². The maximum absolute atomic E-state index is 12.1. The van der Waals surface area contributed by atoms with Crippen molar-refractivity contribution in [3.05, 3.63) is 30.0 Å². The number of nitrogens with one attached hydrogen (secondary N) is 2. The molecule has 0 radical (unpaired) electrons. The number of carbonyl (C=O) groups excluding carboxylic acids is 1. The number of fused-ring (bicyclic) bond motifs is 1. The zero-order chi connectivity index (χ0) is 15.7. The van der Waals surface area contributed by atoms with E-state index in [4.69, 9.17) is 9.84 Å². The molecule has 0 aliphatic heterocycles. The second kappa shape index (κ2) is 5.71. The van der Waals surface area contributed by atoms with Gasteiger partial charge in [0.15, 0.2) is 0 Å². The number of hydrogen-bond acceptors (Lipinski definition) is 3. The van der Waals surface area contributed by atoms with Gasteiger partial charge in [0.25, 0.3) is 0 Å². The van der Waals surface area contributed by atoms with E-state index in [1.54, 1.807) is 7.11 Å². The van der Waals surface area contributed by atoms with Gasteiger partial charge >= 0.3 is 5.97 Å². The summed E-state index contributed by atoms with van der Waals surface area (Å²) in [5.74, 6) is -0.438. The summed E-state index contributed by atoms with van der Waals surface area (Å²) in [6.45, 7) is 0. The second-order valence-electron chi connectivity index (χ2n) is 5.67. The highest BCUT2D eigenvalue weighted by molar-refractivity contribution is 5.90. The quantitative estimate of drug-likeness (QED) is 0.784. The van der Waals surface area contributed by atoms with Gasteiger partial charge in [-0.25, -0.2) is 0 Å². The molecule has 6 heteroatoms. The first-order valence-corrected chi connectivity index (χ1v) is 7.23. The number of aromatic nitrogens is 1. The molecule has 116 valence electrons. The van der Waals surface area contributed by atoms with Crippen molar-refractivity contribution in [3.63, 3.8) is 0 Å². The van der Waals surface area contributed by atoms with Crippen molar-refractivity contribution in [1.29, 1.82) is 0 Å². The summed E-state index contributed by atoms with van der Waals surface area (Å²) in [6, 6.07) is 5.66. The second-order valence-corrected chi connectivity index (χ2v) is 5.67. The molecule has 1 aliphatic rings. The molecule has 1 heterocycles. The fourth-order valence-electron chi connectivity index (χ4n) is 2.82. The van der Waals surface area contributed by atoms with Crippen molar-refractivity contribution in [3.8, 4) is 5.75 Å². The van der Waals surface area contributed by atoms with Crippen molar-refractivity contribution < 1.29 is 19.4 Å². The largest absolute Gasteiger partial charge is 0.497 e. The number of rotatable bonds is 5. The standard InChI is InChI=1S/C16H18N2O4/c1-22-12-2-3-14-13(7-12)10(8-17-14)6-15(19)18-11-4-9(5-11)16(20)21/h2-3,7-9,11,17H,4-6H2,1H3,(H,18,19)(H,20,21). The number of amides is 1. The van der Waals surface area contributed by atoms with Crippen molar-refractivity contribution in [2.24, 2.45) is 5.92 Å². The molecule has 22 heavy (non-hydrogen) atoms. The minimum atomic E-state index is -0.783. The number of carboxylic acids is 1. The van der Waals surface area contributed by atoms with Gasteiger partial charge in [-0.05, 0) is 36.6 Å². The summed E-state index contributed by atoms with van der Waals surface area (Å²) in [4.78, 5) is 26.0. The highest BCUT2D eigenvalue weighted by Gasteiger charge is 2.35. The topological polar surface area (TPSA) is 91.4 Å². The van der Waals surface area contributed by atoms with Gasteiger partial charge in [-0.2, -0.15) is 0 Å². The minimum absolute atomic E-state index is 0.0201. The molecule has 0 atom stereocenters. The van der Waals surface area contributed by atoms with Crippen LogP contribution in [0, 0.1) is 5.92 Å². The Kier molecular flexibility index (Phi) is 3.75. The zero-order valence-corrected chi connectivity index (χ0v) is 12.3. The van der Waals surface area contributed by atoms with E-state index in [0.29, 0.717) is 12.8 Å². The molecule has 3 N–H and O–H groups in total. The molecule has 1 fully saturated rings. The number of benzene rings is 1. The lowest BCUT2D eigenvalue weighted by molar-refractivity contribution is -0.146. The van der Waals surface area contributed by atoms with E-state index < -0.39 is 5.97 Å². The lowest BCUT2D eigenvalue weighted by atomic mass is 9.80. The normalized spacial score (nSPS) is 20.4. The van der Waals surface area contributed by atoms with Gasteiger partial charge in [0, 0.05) is 23.1 Å². The summed E-state index contributed by atoms with van der Waals surface area (Å²) < 4.78 is 5.21. The van der Waals surface area contributed by atoms with Crippen LogP contribution in [0.1, 0.15) is 18.4 Å². The van der Waals surface area contributed by atoms with Crippen LogP contribution in [0.4, 0.5) is 0 Å². The number of carbonyl (C=O) groups is 2. The molecule has 3 rings (SSSR count). The molecular weight excluding hydrogens is 284 g/mol. The molecular formula is C16H18N2O4. The van der Waals surface area contributed by atoms with Gasteiger partial charge in [-0.15, -0.1) is 0 Å². The molecule has 1 aliphatic carbocycles. The van der Waals surface area contributed by atoms with Gasteiger partial charge in [0.2, 0.25) is 5.91 Å². The van der Waals surface area contributed by atoms with Crippen molar-refractivity contribution >= 4 is 22.8 Å². The van der Waals surface area contributed by atoms with Gasteiger partial charge in [0.05, 0.1) is 19.4 Å². The summed E-state index contributed by atoms with van der Waals surface area (Å²) >= 11 is 0. The van der Waals surface area contributed by atoms with E-state index in [1.807, 2.05) is 24.4 Å². The zero-order valence-electron chi connectivity index (χ0n) is 12.3. The average molecular weight is 302 g/mol. The number of H-pyrrole nitrogens is 1. The Bertz CT molecular complexity index is 716. The number of hydrogen-bond donors (Lipinski definition) is 3. The maximum atomic E-state index is 12.1. The van der Waals surface area contributed by atoms with Crippen LogP contribution in [0.25, 0.3) is 10.9 Å². The number of carboxylic acid groups (broad SMARTS) is 1. The fourth-order valence-corrected chi connectivity index (χ4v) is 2.82. The summed E-state index contributed by atoms with van der Waals surface area (Å²) in [5.41, 5.74) is 1.86. The van der Waals surface area contributed by atoms with Crippen LogP contribution in [0.3, 0.4) is 0 Å². The Hall–Kier alpha value is -2.50. The molecule has 1 saturated carbocycles. The van der Waals surface area contributed by atoms with Crippen LogP contribution in [-0.4, -0.2) is 35.1 Å². The average Bonchev–Trinajstić information content (AvgIpc) is 2.84. The molecule has 2 aromatic rings. The predicted molar refractivity (Wildman–Crippen MR) is 80.8 cm³/mol. The van der Waals surface area contributed by atoms with Crippen LogP contribution >= 0.6 is 0 Å². The Labute approximate surface area is 127 Å². The van der Waals surface area contributed by atoms with Crippen molar-refractivity contribution in [2.75, 3.05) is 7.11 Å². The predicted octanol–water partition coefficient (Wildman–Crippen LogP) is 1.70. The van der Waals surface area contributed by atoms with Crippen LogP contribution in [0.15, 0.2) is 24.4 Å². The van der Waals surface area contributed by atoms with Crippen molar-refractivity contribution in [1.82, 2.24) is 10.3 Å². The van der Waals surface area contributed by atoms with Gasteiger partial charge in [0.1, 0.15) is 5.75 Å². The van der Waals surface area contributed by atoms with Gasteiger partial charge in [-0.3, -0.25) is 9.59 Å². The smallest absolute Gasteiger partial charge is 0.306 e. The van der Waals surface area contributed by atoms with Gasteiger partial charge in [-0.1, -0.05) is 0 Å². The Morgan fingerprint density at radius 1 is 1.41 bits per heavy atom. The molecule has 0 unspecified atom stereocenters. The van der Waals surface area contributed by atoms with Crippen LogP contribution in [-0.2, 0) is 16.0 Å². The highest BCUT2D eigenvalue weighted by atomic mass is 16.5. The summed E-state index contributed by atoms with van der Waals surface area (Å²) in [7, 11) is 1.61. The first-order chi connectivity index (χ1) is 10.6. The lowest BCUT2D eigenvalue weighted by Crippen LogP contribution is -2.47. The summed E-state index contributed by atoms with van der Waals surface area (Å²) in [5, 5.41) is 12.7. The molecule has 1 aromatic carbocycles. The Morgan fingerprint density at radius 3 is 2.86 bits per heavy atom. The first kappa shape index (κ1) is 14.4. The molecule has 1 aromatic heterocycles. The van der Waals surface area contributed by atoms with Crippen LogP contribution in [0.2, 0.25) is 0 Å². The third kappa shape index (κ3) is 2.77. The summed E-state index contributed by atoms with van der Waals surface area (Å²) in [6.07, 6.45) is 3.12. The van der Waals surface area contributed by atoms with Crippen molar-refractivity contribution in [2.45, 2.75) is 25.3 Å². The first-order valence-electron chi connectivity index (χ1n) is 7.23. The third-order valence-corrected chi connectivity index (χ3v) is 4.18. The van der Waals surface area contributed by atoms with E-state index in [0.717, 1.165) is 22.2 Å². The lowest BCUT2D eigenvalue weighted by Gasteiger charge is -2.32. The van der Waals surface area contributed by atoms with E-state index >= 15 is 0 Å². The van der Waals surface area contributed by atoms with E-state index in [9.17, 15) is 9.59 Å². The number of aromatic amines is 1. The third-order valence-electron chi connectivity index (χ3n) is 4.18. The molecule has 0 spiro atoms. The molecule has 0 bridgehead atoms. The molecule has 0 saturated heterocycles. The van der Waals surface area contributed by atoms with Crippen LogP contribution < -0.4 is 10.1 Å². The Morgan fingerprint density at radius 2 is 2.18 bits per heavy atom. The molecule has 1 amide bonds.